The molecule has 0 aliphatic rings. The van der Waals surface area contributed by atoms with E-state index >= 15 is 0 Å². The summed E-state index contributed by atoms with van der Waals surface area (Å²) in [5, 5.41) is 69.3. The average Bonchev–Trinajstić information content (AvgIpc) is 0.856. The first-order valence-corrected chi connectivity index (χ1v) is 63.0. The number of benzene rings is 4. The molecule has 111 heavy (non-hydrogen) atoms. The summed E-state index contributed by atoms with van der Waals surface area (Å²) in [6.45, 7) is 55.2. The van der Waals surface area contributed by atoms with Crippen LogP contribution in [0.15, 0.2) is 166 Å². The maximum absolute atomic E-state index is 12.9. The van der Waals surface area contributed by atoms with Crippen molar-refractivity contribution in [1.29, 1.82) is 0 Å². The van der Waals surface area contributed by atoms with E-state index in [1.807, 2.05) is 78.9 Å². The van der Waals surface area contributed by atoms with Gasteiger partial charge in [0.2, 0.25) is 0 Å². The van der Waals surface area contributed by atoms with Gasteiger partial charge in [-0.2, -0.15) is 0 Å². The molecule has 0 saturated heterocycles. The first-order chi connectivity index (χ1) is 51.2. The topological polar surface area (TPSA) is 244 Å². The van der Waals surface area contributed by atoms with Gasteiger partial charge in [-0.05, 0) is 117 Å². The second-order valence-corrected chi connectivity index (χ2v) is 70.6. The second-order valence-electron chi connectivity index (χ2n) is 36.8. The minimum Gasteiger partial charge on any atom is -0.512 e. The van der Waals surface area contributed by atoms with Gasteiger partial charge >= 0.3 is 0 Å². The van der Waals surface area contributed by atoms with Crippen LogP contribution in [-0.2, 0) is 24.0 Å². The first kappa shape index (κ1) is 106. The lowest BCUT2D eigenvalue weighted by Gasteiger charge is -2.16. The van der Waals surface area contributed by atoms with E-state index in [-0.39, 0.29) is 69.2 Å². The lowest BCUT2D eigenvalue weighted by molar-refractivity contribution is -0.116. The molecule has 0 aliphatic heterocycles. The minimum absolute atomic E-state index is 0.000533. The SMILES string of the molecule is CC(=O)/C(CCC[Si](C)(C)C)=C(/C)O.CC(=O)/C(CCC[Si](C)(C)C)=C(/C)O.CC(=O)C(CCC[Si](C)(C)C)=C(O)c1ccc(O)cc1.CC(=O)C(CCC[Si](C)(C)C)=C(O)c1ccccc1.CCCCC(=O)/C(CCC[Si](C)(C)C)=C(\O)CCCC.C[Si](C)(C)CCC/C(C(=O)c1ccccc1)=C(/O)c1ccccc1. The van der Waals surface area contributed by atoms with E-state index < -0.39 is 48.4 Å². The molecule has 4 aromatic rings. The first-order valence-electron chi connectivity index (χ1n) is 40.7. The highest BCUT2D eigenvalue weighted by molar-refractivity contribution is 6.77. The zero-order valence-electron chi connectivity index (χ0n) is 74.0. The van der Waals surface area contributed by atoms with E-state index in [1.165, 1.54) is 64.0 Å². The fourth-order valence-corrected chi connectivity index (χ4v) is 19.2. The standard InChI is InChI=1S/C21H26O2Si.C17H34O2Si.C16H24O3Si.C16H24O2Si.2C11H22O2Si/c1-24(2,3)16-10-15-19(20(22)17-11-6-4-7-12-17)21(23)18-13-8-5-9-14-18;1-6-8-12-16(18)15(17(19)13-9-7-2)11-10-14-20(3,4)5;1-12(17)15(6-5-11-20(2,3)4)16(19)13-7-9-14(18)10-8-13;1-13(17)15(11-8-12-19(2,3)4)16(18)14-9-6-5-7-10-14;2*1-9(12)11(10(2)13)7-6-8-14(3,4)5/h4-9,11-14,22H,10,15-16H2,1-3H3;18H,6-14H2,1-5H3;7-10,18-19H,5-6,11H2,1-4H3;5-7,9-10,18H,8,11-12H2,1-4H3;2*12H,6-8H2,1-5H3/b20-19-;16-15-;;;2*11-9-. The van der Waals surface area contributed by atoms with Crippen LogP contribution in [0.2, 0.25) is 154 Å². The van der Waals surface area contributed by atoms with Crippen molar-refractivity contribution in [2.24, 2.45) is 0 Å². The number of ketones is 6. The van der Waals surface area contributed by atoms with E-state index in [4.69, 9.17) is 0 Å². The van der Waals surface area contributed by atoms with Crippen molar-refractivity contribution in [2.75, 3.05) is 0 Å². The summed E-state index contributed by atoms with van der Waals surface area (Å²) in [5.41, 5.74) is 6.11. The van der Waals surface area contributed by atoms with Crippen LogP contribution in [0.1, 0.15) is 198 Å². The van der Waals surface area contributed by atoms with Crippen molar-refractivity contribution in [1.82, 2.24) is 0 Å². The van der Waals surface area contributed by atoms with Gasteiger partial charge in [0.05, 0.1) is 17.3 Å². The molecule has 7 N–H and O–H groups in total. The fourth-order valence-electron chi connectivity index (χ4n) is 11.8. The molecule has 19 heteroatoms. The third-order valence-electron chi connectivity index (χ3n) is 18.3. The average molecular weight is 1630 g/mol. The number of carbonyl (C=O) groups excluding carboxylic acids is 6. The molecule has 4 aromatic carbocycles. The normalized spacial score (nSPS) is 13.2. The smallest absolute Gasteiger partial charge is 0.192 e. The molecule has 0 amide bonds. The van der Waals surface area contributed by atoms with E-state index in [0.717, 1.165) is 107 Å². The second kappa shape index (κ2) is 54.1. The Morgan fingerprint density at radius 2 is 0.505 bits per heavy atom. The predicted molar refractivity (Wildman–Crippen MR) is 492 cm³/mol. The summed E-state index contributed by atoms with van der Waals surface area (Å²) < 4.78 is 0. The number of unbranched alkanes of at least 4 members (excludes halogenated alkanes) is 2. The van der Waals surface area contributed by atoms with Crippen LogP contribution in [0, 0.1) is 0 Å². The summed E-state index contributed by atoms with van der Waals surface area (Å²) in [4.78, 5) is 70.9. The zero-order valence-corrected chi connectivity index (χ0v) is 80.0. The largest absolute Gasteiger partial charge is 0.512 e. The highest BCUT2D eigenvalue weighted by Crippen LogP contribution is 2.30. The molecule has 0 bridgehead atoms. The number of carbonyl (C=O) groups is 6. The highest BCUT2D eigenvalue weighted by atomic mass is 28.3. The number of aromatic hydroxyl groups is 1. The molecular weight excluding hydrogens is 1480 g/mol. The van der Waals surface area contributed by atoms with Gasteiger partial charge in [0, 0.05) is 117 Å². The van der Waals surface area contributed by atoms with Crippen LogP contribution in [0.5, 0.6) is 5.75 Å². The molecule has 13 nitrogen and oxygen atoms in total. The Balaban J connectivity index is 0. The Labute approximate surface area is 679 Å². The van der Waals surface area contributed by atoms with Gasteiger partial charge < -0.3 is 35.7 Å². The molecular formula is C92H152O13Si6. The van der Waals surface area contributed by atoms with Gasteiger partial charge in [0.25, 0.3) is 0 Å². The Bertz CT molecular complexity index is 3580. The molecule has 0 saturated carbocycles. The van der Waals surface area contributed by atoms with Crippen LogP contribution >= 0.6 is 0 Å². The van der Waals surface area contributed by atoms with Crippen LogP contribution in [0.25, 0.3) is 17.3 Å². The molecule has 0 spiro atoms. The number of hydrogen-bond donors (Lipinski definition) is 7. The predicted octanol–water partition coefficient (Wildman–Crippen LogP) is 27.9. The van der Waals surface area contributed by atoms with Crippen LogP contribution in [0.3, 0.4) is 0 Å². The van der Waals surface area contributed by atoms with E-state index in [9.17, 15) is 64.5 Å². The van der Waals surface area contributed by atoms with Crippen molar-refractivity contribution in [3.63, 3.8) is 0 Å². The maximum Gasteiger partial charge on any atom is 0.192 e. The van der Waals surface area contributed by atoms with Crippen LogP contribution < -0.4 is 0 Å². The third-order valence-corrected chi connectivity index (χ3v) is 29.4. The number of phenols is 1. The Kier molecular flexibility index (Phi) is 51.8. The monoisotopic (exact) mass is 1630 g/mol. The molecule has 0 heterocycles. The molecule has 0 fully saturated rings. The Hall–Kier alpha value is -6.76. The Morgan fingerprint density at radius 1 is 0.270 bits per heavy atom. The maximum atomic E-state index is 12.9. The number of Topliss-reactive ketones (excluding diaryl/α,β-unsaturated/α-hetero) is 6. The third kappa shape index (κ3) is 53.0. The van der Waals surface area contributed by atoms with Gasteiger partial charge in [0.15, 0.2) is 34.7 Å². The quantitative estimate of drug-likeness (QED) is 0.00950. The minimum atomic E-state index is -1.17. The van der Waals surface area contributed by atoms with Crippen molar-refractivity contribution < 1.29 is 64.5 Å². The van der Waals surface area contributed by atoms with Crippen molar-refractivity contribution in [3.8, 4) is 5.75 Å². The van der Waals surface area contributed by atoms with E-state index in [2.05, 4.69) is 132 Å². The van der Waals surface area contributed by atoms with Crippen molar-refractivity contribution >= 4 is 100 Å². The van der Waals surface area contributed by atoms with Gasteiger partial charge in [-0.3, -0.25) is 28.8 Å². The summed E-state index contributed by atoms with van der Waals surface area (Å²) in [7, 11) is -6.46. The van der Waals surface area contributed by atoms with Crippen LogP contribution in [-0.4, -0.2) is 119 Å². The molecule has 622 valence electrons. The highest BCUT2D eigenvalue weighted by Gasteiger charge is 2.24. The number of aliphatic hydroxyl groups excluding tert-OH is 6. The lowest BCUT2D eigenvalue weighted by atomic mass is 9.96. The Morgan fingerprint density at radius 3 is 0.766 bits per heavy atom. The summed E-state index contributed by atoms with van der Waals surface area (Å²) in [6.07, 6.45) is 15.2. The van der Waals surface area contributed by atoms with Crippen molar-refractivity contribution in [3.05, 3.63) is 188 Å². The van der Waals surface area contributed by atoms with Gasteiger partial charge in [0.1, 0.15) is 23.0 Å². The van der Waals surface area contributed by atoms with Gasteiger partial charge in [-0.25, -0.2) is 0 Å². The summed E-state index contributed by atoms with van der Waals surface area (Å²) in [6, 6.07) is 41.1. The van der Waals surface area contributed by atoms with Gasteiger partial charge in [-0.1, -0.05) is 310 Å². The van der Waals surface area contributed by atoms with E-state index in [0.29, 0.717) is 82.4 Å². The van der Waals surface area contributed by atoms with Gasteiger partial charge in [-0.15, -0.1) is 0 Å². The molecule has 0 unspecified atom stereocenters. The molecule has 0 atom stereocenters. The number of aliphatic hydroxyl groups is 6. The molecule has 0 radical (unpaired) electrons. The summed E-state index contributed by atoms with van der Waals surface area (Å²) >= 11 is 0. The summed E-state index contributed by atoms with van der Waals surface area (Å²) in [5.74, 6) is 1.15. The molecule has 0 aromatic heterocycles. The number of rotatable bonds is 40. The molecule has 0 aliphatic carbocycles. The fraction of sp³-hybridized carbons (Fsp3) is 0.543. The molecule has 4 rings (SSSR count). The lowest BCUT2D eigenvalue weighted by Crippen LogP contribution is -2.19. The number of phenolic OH excluding ortho intramolecular Hbond substituents is 1. The zero-order chi connectivity index (χ0) is 85.7. The number of hydrogen-bond acceptors (Lipinski definition) is 13. The van der Waals surface area contributed by atoms with Crippen LogP contribution in [0.4, 0.5) is 0 Å². The van der Waals surface area contributed by atoms with E-state index in [1.54, 1.807) is 38.1 Å². The number of allylic oxidation sites excluding steroid dienone is 9. The van der Waals surface area contributed by atoms with Crippen molar-refractivity contribution in [2.45, 2.75) is 325 Å².